The zero-order valence-corrected chi connectivity index (χ0v) is 12.7. The lowest BCUT2D eigenvalue weighted by Gasteiger charge is -2.17. The molecule has 0 aliphatic carbocycles. The third kappa shape index (κ3) is 4.53. The Labute approximate surface area is 124 Å². The Morgan fingerprint density at radius 2 is 2.00 bits per heavy atom. The first kappa shape index (κ1) is 16.5. The highest BCUT2D eigenvalue weighted by Gasteiger charge is 2.26. The number of nitrogens with two attached hydrogens (primary N) is 1. The van der Waals surface area contributed by atoms with Crippen LogP contribution in [0.2, 0.25) is 5.02 Å². The third-order valence-electron chi connectivity index (χ3n) is 3.25. The summed E-state index contributed by atoms with van der Waals surface area (Å²) in [5.41, 5.74) is 7.04. The first-order valence-electron chi connectivity index (χ1n) is 6.48. The Morgan fingerprint density at radius 1 is 1.35 bits per heavy atom. The highest BCUT2D eigenvalue weighted by Crippen LogP contribution is 2.22. The van der Waals surface area contributed by atoms with Crippen LogP contribution in [0.1, 0.15) is 25.8 Å². The number of nitrogen functional groups attached to an aromatic ring is 1. The lowest BCUT2D eigenvalue weighted by molar-refractivity contribution is -0.148. The van der Waals surface area contributed by atoms with Gasteiger partial charge in [0.15, 0.2) is 0 Å². The van der Waals surface area contributed by atoms with Gasteiger partial charge in [-0.3, -0.25) is 9.59 Å². The van der Waals surface area contributed by atoms with Gasteiger partial charge >= 0.3 is 5.97 Å². The van der Waals surface area contributed by atoms with Gasteiger partial charge in [-0.1, -0.05) is 31.5 Å². The molecule has 0 spiro atoms. The van der Waals surface area contributed by atoms with Crippen molar-refractivity contribution in [1.82, 2.24) is 0 Å². The molecular formula is C15H20ClNO3. The lowest BCUT2D eigenvalue weighted by Crippen LogP contribution is -2.25. The Kier molecular flexibility index (Phi) is 6.02. The molecule has 0 fully saturated rings. The monoisotopic (exact) mass is 297 g/mol. The molecule has 2 N–H and O–H groups in total. The molecule has 4 nitrogen and oxygen atoms in total. The van der Waals surface area contributed by atoms with Crippen LogP contribution in [0.15, 0.2) is 18.2 Å². The van der Waals surface area contributed by atoms with Crippen LogP contribution in [0, 0.1) is 11.8 Å². The summed E-state index contributed by atoms with van der Waals surface area (Å²) in [7, 11) is 1.33. The van der Waals surface area contributed by atoms with E-state index in [-0.39, 0.29) is 30.5 Å². The summed E-state index contributed by atoms with van der Waals surface area (Å²) >= 11 is 5.81. The van der Waals surface area contributed by atoms with Gasteiger partial charge in [0, 0.05) is 23.6 Å². The number of benzene rings is 1. The van der Waals surface area contributed by atoms with E-state index in [1.54, 1.807) is 18.2 Å². The topological polar surface area (TPSA) is 69.4 Å². The van der Waals surface area contributed by atoms with Crippen LogP contribution in [-0.2, 0) is 20.7 Å². The van der Waals surface area contributed by atoms with Gasteiger partial charge in [0.25, 0.3) is 0 Å². The van der Waals surface area contributed by atoms with Crippen LogP contribution >= 0.6 is 11.6 Å². The van der Waals surface area contributed by atoms with Crippen LogP contribution in [0.4, 0.5) is 5.69 Å². The Hall–Kier alpha value is -1.55. The van der Waals surface area contributed by atoms with Gasteiger partial charge in [-0.25, -0.2) is 0 Å². The van der Waals surface area contributed by atoms with Gasteiger partial charge in [-0.15, -0.1) is 0 Å². The quantitative estimate of drug-likeness (QED) is 0.647. The number of methoxy groups -OCH3 is 1. The largest absolute Gasteiger partial charge is 0.469 e. The number of rotatable bonds is 6. The highest BCUT2D eigenvalue weighted by molar-refractivity contribution is 6.30. The molecule has 0 aromatic heterocycles. The van der Waals surface area contributed by atoms with E-state index in [0.717, 1.165) is 5.56 Å². The summed E-state index contributed by atoms with van der Waals surface area (Å²) in [5.74, 6) is -0.754. The maximum absolute atomic E-state index is 12.1. The molecule has 1 aromatic carbocycles. The fourth-order valence-electron chi connectivity index (χ4n) is 2.00. The molecule has 0 saturated heterocycles. The summed E-state index contributed by atoms with van der Waals surface area (Å²) in [6.07, 6.45) is 0.357. The lowest BCUT2D eigenvalue weighted by atomic mass is 9.89. The minimum Gasteiger partial charge on any atom is -0.469 e. The van der Waals surface area contributed by atoms with Crippen molar-refractivity contribution < 1.29 is 14.3 Å². The van der Waals surface area contributed by atoms with Crippen LogP contribution in [-0.4, -0.2) is 18.9 Å². The first-order valence-corrected chi connectivity index (χ1v) is 6.86. The predicted octanol–water partition coefficient (Wildman–Crippen LogP) is 2.87. The fourth-order valence-corrected chi connectivity index (χ4v) is 2.18. The maximum atomic E-state index is 12.1. The van der Waals surface area contributed by atoms with Crippen LogP contribution < -0.4 is 5.73 Å². The van der Waals surface area contributed by atoms with E-state index in [9.17, 15) is 9.59 Å². The van der Waals surface area contributed by atoms with Crippen molar-refractivity contribution >= 4 is 29.0 Å². The molecule has 0 aliphatic rings. The first-order chi connectivity index (χ1) is 9.35. The molecule has 110 valence electrons. The SMILES string of the molecule is COC(=O)[C@@H](CC(=O)Cc1ccc(Cl)cc1N)C(C)C. The molecule has 0 saturated carbocycles. The highest BCUT2D eigenvalue weighted by atomic mass is 35.5. The third-order valence-corrected chi connectivity index (χ3v) is 3.49. The zero-order chi connectivity index (χ0) is 15.3. The average Bonchev–Trinajstić information content (AvgIpc) is 2.38. The van der Waals surface area contributed by atoms with Crippen molar-refractivity contribution in [3.05, 3.63) is 28.8 Å². The average molecular weight is 298 g/mol. The maximum Gasteiger partial charge on any atom is 0.309 e. The number of Topliss-reactive ketones (excluding diaryl/α,β-unsaturated/α-hetero) is 1. The van der Waals surface area contributed by atoms with Gasteiger partial charge in [0.1, 0.15) is 5.78 Å². The van der Waals surface area contributed by atoms with E-state index in [1.807, 2.05) is 13.8 Å². The fraction of sp³-hybridized carbons (Fsp3) is 0.467. The van der Waals surface area contributed by atoms with Crippen molar-refractivity contribution in [3.8, 4) is 0 Å². The summed E-state index contributed by atoms with van der Waals surface area (Å²) in [6.45, 7) is 3.79. The second-order valence-electron chi connectivity index (χ2n) is 5.14. The van der Waals surface area contributed by atoms with E-state index < -0.39 is 5.92 Å². The molecular weight excluding hydrogens is 278 g/mol. The molecule has 0 aliphatic heterocycles. The van der Waals surface area contributed by atoms with Crippen molar-refractivity contribution in [2.75, 3.05) is 12.8 Å². The van der Waals surface area contributed by atoms with E-state index in [4.69, 9.17) is 22.1 Å². The minimum absolute atomic E-state index is 0.0388. The number of hydrogen-bond donors (Lipinski definition) is 1. The van der Waals surface area contributed by atoms with E-state index in [1.165, 1.54) is 7.11 Å². The van der Waals surface area contributed by atoms with Gasteiger partial charge in [-0.2, -0.15) is 0 Å². The molecule has 0 bridgehead atoms. The normalized spacial score (nSPS) is 12.2. The number of anilines is 1. The molecule has 5 heteroatoms. The van der Waals surface area contributed by atoms with Crippen molar-refractivity contribution in [2.24, 2.45) is 11.8 Å². The number of hydrogen-bond acceptors (Lipinski definition) is 4. The number of ether oxygens (including phenoxy) is 1. The number of carbonyl (C=O) groups is 2. The molecule has 1 rings (SSSR count). The second kappa shape index (κ2) is 7.29. The number of halogens is 1. The number of ketones is 1. The number of esters is 1. The molecule has 0 amide bonds. The van der Waals surface area contributed by atoms with Crippen LogP contribution in [0.3, 0.4) is 0 Å². The molecule has 0 radical (unpaired) electrons. The Morgan fingerprint density at radius 3 is 2.50 bits per heavy atom. The van der Waals surface area contributed by atoms with Crippen LogP contribution in [0.5, 0.6) is 0 Å². The molecule has 0 heterocycles. The second-order valence-corrected chi connectivity index (χ2v) is 5.57. The summed E-state index contributed by atoms with van der Waals surface area (Å²) in [5, 5.41) is 0.535. The summed E-state index contributed by atoms with van der Waals surface area (Å²) in [4.78, 5) is 23.7. The molecule has 20 heavy (non-hydrogen) atoms. The van der Waals surface area contributed by atoms with Crippen molar-refractivity contribution in [2.45, 2.75) is 26.7 Å². The van der Waals surface area contributed by atoms with Gasteiger partial charge < -0.3 is 10.5 Å². The summed E-state index contributed by atoms with van der Waals surface area (Å²) < 4.78 is 4.73. The smallest absolute Gasteiger partial charge is 0.309 e. The molecule has 1 atom stereocenters. The minimum atomic E-state index is -0.416. The van der Waals surface area contributed by atoms with Gasteiger partial charge in [-0.05, 0) is 23.6 Å². The van der Waals surface area contributed by atoms with Crippen molar-refractivity contribution in [3.63, 3.8) is 0 Å². The van der Waals surface area contributed by atoms with Gasteiger partial charge in [0.05, 0.1) is 13.0 Å². The molecule has 1 aromatic rings. The van der Waals surface area contributed by atoms with E-state index in [0.29, 0.717) is 10.7 Å². The standard InChI is InChI=1S/C15H20ClNO3/c1-9(2)13(15(19)20-3)8-12(18)6-10-4-5-11(16)7-14(10)17/h4-5,7,9,13H,6,8,17H2,1-3H3/t13-/m0/s1. The molecule has 0 unspecified atom stereocenters. The summed E-state index contributed by atoms with van der Waals surface area (Å²) in [6, 6.07) is 5.04. The predicted molar refractivity (Wildman–Crippen MR) is 79.5 cm³/mol. The Balaban J connectivity index is 2.73. The number of carbonyl (C=O) groups excluding carboxylic acids is 2. The van der Waals surface area contributed by atoms with Crippen LogP contribution in [0.25, 0.3) is 0 Å². The van der Waals surface area contributed by atoms with E-state index in [2.05, 4.69) is 0 Å². The Bertz CT molecular complexity index is 500. The van der Waals surface area contributed by atoms with Crippen molar-refractivity contribution in [1.29, 1.82) is 0 Å². The van der Waals surface area contributed by atoms with E-state index >= 15 is 0 Å². The van der Waals surface area contributed by atoms with Gasteiger partial charge in [0.2, 0.25) is 0 Å². The zero-order valence-electron chi connectivity index (χ0n) is 12.0.